The van der Waals surface area contributed by atoms with Crippen LogP contribution in [0.5, 0.6) is 0 Å². The van der Waals surface area contributed by atoms with Crippen LogP contribution in [0.4, 0.5) is 0 Å². The molecule has 0 saturated heterocycles. The van der Waals surface area contributed by atoms with Crippen molar-refractivity contribution in [3.05, 3.63) is 12.3 Å². The molecule has 1 aliphatic heterocycles. The molecule has 0 aliphatic carbocycles. The molecular formula is C5H9N2O+. The van der Waals surface area contributed by atoms with Gasteiger partial charge < -0.3 is 4.84 Å². The molecule has 8 heavy (non-hydrogen) atoms. The largest absolute Gasteiger partial charge is 0.306 e. The van der Waals surface area contributed by atoms with Crippen LogP contribution < -0.4 is 0 Å². The molecule has 1 heterocycles. The van der Waals surface area contributed by atoms with Gasteiger partial charge in [-0.05, 0) is 6.92 Å². The van der Waals surface area contributed by atoms with E-state index in [2.05, 4.69) is 11.9 Å². The standard InChI is InChI=1S/C5H9N2O/c1-3-7-4-5(2)8-6-7/h2-4H2,1H3/q+1. The lowest BCUT2D eigenvalue weighted by atomic mass is 10.5. The summed E-state index contributed by atoms with van der Waals surface area (Å²) in [6.45, 7) is 7.25. The average Bonchev–Trinajstić information content (AvgIpc) is 2.14. The van der Waals surface area contributed by atoms with E-state index in [1.807, 2.05) is 11.6 Å². The Hall–Kier alpha value is -0.860. The third-order valence-corrected chi connectivity index (χ3v) is 1.01. The van der Waals surface area contributed by atoms with Gasteiger partial charge in [-0.1, -0.05) is 11.3 Å². The van der Waals surface area contributed by atoms with Crippen molar-refractivity contribution in [2.24, 2.45) is 5.28 Å². The maximum Gasteiger partial charge on any atom is 0.231 e. The number of nitrogens with zero attached hydrogens (tertiary/aromatic N) is 2. The van der Waals surface area contributed by atoms with Crippen LogP contribution in [0.3, 0.4) is 0 Å². The van der Waals surface area contributed by atoms with Crippen molar-refractivity contribution < 1.29 is 9.53 Å². The van der Waals surface area contributed by atoms with Gasteiger partial charge in [0.1, 0.15) is 0 Å². The molecule has 0 aromatic heterocycles. The lowest BCUT2D eigenvalue weighted by molar-refractivity contribution is -0.583. The molecule has 0 unspecified atom stereocenters. The summed E-state index contributed by atoms with van der Waals surface area (Å²) in [5.41, 5.74) is 0. The Morgan fingerprint density at radius 2 is 2.75 bits per heavy atom. The molecule has 44 valence electrons. The molecule has 0 amide bonds. The van der Waals surface area contributed by atoms with Gasteiger partial charge in [0.25, 0.3) is 0 Å². The fourth-order valence-corrected chi connectivity index (χ4v) is 0.546. The first-order valence-electron chi connectivity index (χ1n) is 2.63. The van der Waals surface area contributed by atoms with E-state index in [1.54, 1.807) is 0 Å². The summed E-state index contributed by atoms with van der Waals surface area (Å²) < 4.78 is 1.81. The lowest BCUT2D eigenvalue weighted by Crippen LogP contribution is -2.04. The van der Waals surface area contributed by atoms with Crippen molar-refractivity contribution in [3.63, 3.8) is 0 Å². The minimum absolute atomic E-state index is 0.729. The highest BCUT2D eigenvalue weighted by molar-refractivity contribution is 4.80. The summed E-state index contributed by atoms with van der Waals surface area (Å²) >= 11 is 0. The molecule has 0 aromatic rings. The van der Waals surface area contributed by atoms with Crippen LogP contribution >= 0.6 is 0 Å². The van der Waals surface area contributed by atoms with Gasteiger partial charge in [0.05, 0.1) is 0 Å². The quantitative estimate of drug-likeness (QED) is 0.464. The number of rotatable bonds is 1. The smallest absolute Gasteiger partial charge is 0.231 e. The third-order valence-electron chi connectivity index (χ3n) is 1.01. The highest BCUT2D eigenvalue weighted by atomic mass is 16.7. The second kappa shape index (κ2) is 1.94. The monoisotopic (exact) mass is 113 g/mol. The van der Waals surface area contributed by atoms with Gasteiger partial charge in [-0.2, -0.15) is 0 Å². The number of likely N-dealkylation sites (N-methyl/N-ethyl adjacent to an activating group) is 1. The van der Waals surface area contributed by atoms with Crippen LogP contribution in [0.15, 0.2) is 17.6 Å². The van der Waals surface area contributed by atoms with Crippen molar-refractivity contribution >= 4 is 0 Å². The molecule has 1 rings (SSSR count). The van der Waals surface area contributed by atoms with Crippen LogP contribution in [-0.2, 0) is 4.84 Å². The van der Waals surface area contributed by atoms with Gasteiger partial charge in [0.15, 0.2) is 11.8 Å². The SMILES string of the molecule is C=C1C[N+](CC)=NO1. The van der Waals surface area contributed by atoms with E-state index in [-0.39, 0.29) is 0 Å². The first kappa shape index (κ1) is 5.28. The topological polar surface area (TPSA) is 24.6 Å². The Kier molecular flexibility index (Phi) is 1.28. The van der Waals surface area contributed by atoms with Crippen LogP contribution in [0.1, 0.15) is 6.92 Å². The van der Waals surface area contributed by atoms with E-state index >= 15 is 0 Å². The third kappa shape index (κ3) is 0.857. The molecule has 0 aromatic carbocycles. The predicted octanol–water partition coefficient (Wildman–Crippen LogP) is 0.930. The zero-order valence-electron chi connectivity index (χ0n) is 4.92. The van der Waals surface area contributed by atoms with Gasteiger partial charge in [0.2, 0.25) is 12.3 Å². The summed E-state index contributed by atoms with van der Waals surface area (Å²) in [5.74, 6) is 0.729. The fourth-order valence-electron chi connectivity index (χ4n) is 0.546. The Labute approximate surface area is 48.2 Å². The second-order valence-corrected chi connectivity index (χ2v) is 1.69. The summed E-state index contributed by atoms with van der Waals surface area (Å²) in [5, 5.41) is 3.67. The fraction of sp³-hybridized carbons (Fsp3) is 0.600. The van der Waals surface area contributed by atoms with Crippen molar-refractivity contribution in [3.8, 4) is 0 Å². The maximum atomic E-state index is 4.71. The molecule has 0 N–H and O–H groups in total. The molecule has 3 heteroatoms. The van der Waals surface area contributed by atoms with Gasteiger partial charge in [-0.3, -0.25) is 0 Å². The van der Waals surface area contributed by atoms with E-state index in [0.29, 0.717) is 0 Å². The Morgan fingerprint density at radius 1 is 2.00 bits per heavy atom. The zero-order valence-corrected chi connectivity index (χ0v) is 4.92. The summed E-state index contributed by atoms with van der Waals surface area (Å²) in [7, 11) is 0. The molecular weight excluding hydrogens is 104 g/mol. The summed E-state index contributed by atoms with van der Waals surface area (Å²) in [4.78, 5) is 4.71. The minimum Gasteiger partial charge on any atom is -0.306 e. The molecule has 0 saturated carbocycles. The molecule has 0 spiro atoms. The molecule has 3 nitrogen and oxygen atoms in total. The van der Waals surface area contributed by atoms with Gasteiger partial charge in [0, 0.05) is 0 Å². The van der Waals surface area contributed by atoms with Crippen LogP contribution in [-0.4, -0.2) is 17.8 Å². The first-order chi connectivity index (χ1) is 3.83. The van der Waals surface area contributed by atoms with Crippen LogP contribution in [0, 0.1) is 0 Å². The highest BCUT2D eigenvalue weighted by Crippen LogP contribution is 2.03. The lowest BCUT2D eigenvalue weighted by Gasteiger charge is -1.78. The van der Waals surface area contributed by atoms with E-state index in [1.165, 1.54) is 0 Å². The maximum absolute atomic E-state index is 4.71. The molecule has 0 fully saturated rings. The Bertz CT molecular complexity index is 139. The van der Waals surface area contributed by atoms with Crippen molar-refractivity contribution in [1.82, 2.24) is 0 Å². The average molecular weight is 113 g/mol. The minimum atomic E-state index is 0.729. The van der Waals surface area contributed by atoms with Crippen LogP contribution in [0.25, 0.3) is 0 Å². The van der Waals surface area contributed by atoms with E-state index in [0.717, 1.165) is 18.8 Å². The highest BCUT2D eigenvalue weighted by Gasteiger charge is 2.15. The van der Waals surface area contributed by atoms with Crippen LogP contribution in [0.2, 0.25) is 0 Å². The van der Waals surface area contributed by atoms with E-state index < -0.39 is 0 Å². The summed E-state index contributed by atoms with van der Waals surface area (Å²) in [6.07, 6.45) is 0. The van der Waals surface area contributed by atoms with Crippen molar-refractivity contribution in [2.75, 3.05) is 13.1 Å². The predicted molar refractivity (Wildman–Crippen MR) is 28.3 cm³/mol. The van der Waals surface area contributed by atoms with E-state index in [9.17, 15) is 0 Å². The first-order valence-corrected chi connectivity index (χ1v) is 2.63. The number of hydrogen-bond acceptors (Lipinski definition) is 2. The van der Waals surface area contributed by atoms with E-state index in [4.69, 9.17) is 4.84 Å². The summed E-state index contributed by atoms with van der Waals surface area (Å²) in [6, 6.07) is 0. The van der Waals surface area contributed by atoms with Gasteiger partial charge in [-0.25, -0.2) is 0 Å². The second-order valence-electron chi connectivity index (χ2n) is 1.69. The zero-order chi connectivity index (χ0) is 5.98. The molecule has 0 atom stereocenters. The van der Waals surface area contributed by atoms with Crippen molar-refractivity contribution in [2.45, 2.75) is 6.92 Å². The Morgan fingerprint density at radius 3 is 3.00 bits per heavy atom. The van der Waals surface area contributed by atoms with Gasteiger partial charge in [-0.15, -0.1) is 0 Å². The molecule has 0 radical (unpaired) electrons. The Balaban J connectivity index is 2.49. The number of hydrogen-bond donors (Lipinski definition) is 0. The molecule has 0 bridgehead atoms. The van der Waals surface area contributed by atoms with Crippen molar-refractivity contribution in [1.29, 1.82) is 0 Å². The normalized spacial score (nSPS) is 18.1. The van der Waals surface area contributed by atoms with Gasteiger partial charge >= 0.3 is 0 Å². The molecule has 1 aliphatic rings.